The molecule has 4 heterocycles. The number of amides is 4. The summed E-state index contributed by atoms with van der Waals surface area (Å²) in [5.74, 6) is -3.66. The first-order valence-electron chi connectivity index (χ1n) is 9.08. The van der Waals surface area contributed by atoms with Crippen LogP contribution < -0.4 is 56.1 Å². The Morgan fingerprint density at radius 2 is 1.66 bits per heavy atom. The van der Waals surface area contributed by atoms with Gasteiger partial charge in [-0.1, -0.05) is 27.9 Å². The molecule has 0 aromatic carbocycles. The second-order valence-electron chi connectivity index (χ2n) is 6.46. The van der Waals surface area contributed by atoms with Gasteiger partial charge in [0.05, 0.1) is 0 Å². The normalized spacial score (nSPS) is 15.6. The van der Waals surface area contributed by atoms with Gasteiger partial charge >= 0.3 is 41.3 Å². The molecule has 3 aromatic rings. The summed E-state index contributed by atoms with van der Waals surface area (Å²) < 4.78 is 0.514. The minimum absolute atomic E-state index is 0. The van der Waals surface area contributed by atoms with Gasteiger partial charge in [-0.2, -0.15) is 15.3 Å². The van der Waals surface area contributed by atoms with Crippen LogP contribution in [0.1, 0.15) is 12.5 Å². The summed E-state index contributed by atoms with van der Waals surface area (Å²) >= 11 is 0. The fourth-order valence-electron chi connectivity index (χ4n) is 2.71. The third-order valence-electron chi connectivity index (χ3n) is 4.30. The zero-order valence-electron chi connectivity index (χ0n) is 17.8. The number of rotatable bonds is 5. The average Bonchev–Trinajstić information content (AvgIpc) is 3.48. The number of nitrogens with one attached hydrogen (secondary N) is 4. The number of H-pyrrole nitrogens is 3. The summed E-state index contributed by atoms with van der Waals surface area (Å²) in [6.07, 6.45) is 4.89. The number of aromatic amines is 3. The van der Waals surface area contributed by atoms with Crippen molar-refractivity contribution >= 4 is 29.9 Å². The van der Waals surface area contributed by atoms with Crippen LogP contribution in [0, 0.1) is 0 Å². The maximum absolute atomic E-state index is 12.6. The average molecular weight is 490 g/mol. The molecule has 1 fully saturated rings. The van der Waals surface area contributed by atoms with Crippen LogP contribution in [-0.4, -0.2) is 68.6 Å². The van der Waals surface area contributed by atoms with Crippen LogP contribution >= 0.6 is 0 Å². The Kier molecular flexibility index (Phi) is 7.28. The van der Waals surface area contributed by atoms with Gasteiger partial charge in [-0.15, -0.1) is 10.2 Å². The Morgan fingerprint density at radius 3 is 2.29 bits per heavy atom. The second-order valence-corrected chi connectivity index (χ2v) is 6.46. The molecule has 0 aliphatic carbocycles. The van der Waals surface area contributed by atoms with E-state index in [2.05, 4.69) is 41.2 Å². The summed E-state index contributed by atoms with van der Waals surface area (Å²) in [5.41, 5.74) is -2.44. The van der Waals surface area contributed by atoms with Gasteiger partial charge in [-0.05, 0) is 35.4 Å². The molecule has 4 rings (SSSR count). The third-order valence-corrected chi connectivity index (χ3v) is 4.30. The fraction of sp³-hybridized carbons (Fsp3) is 0.0625. The van der Waals surface area contributed by atoms with Crippen LogP contribution in [-0.2, 0) is 9.59 Å². The number of barbiturate groups is 1. The Morgan fingerprint density at radius 1 is 1.00 bits per heavy atom. The number of urea groups is 1. The number of hydrogen-bond donors (Lipinski definition) is 4. The monoisotopic (exact) mass is 490 g/mol. The van der Waals surface area contributed by atoms with Crippen LogP contribution in [0.5, 0.6) is 5.88 Å². The minimum Gasteiger partial charge on any atom is -0.859 e. The number of carbonyl (C=O) groups is 3. The Balaban J connectivity index is 0.00000342. The molecule has 1 saturated heterocycles. The first-order valence-corrected chi connectivity index (χ1v) is 9.08. The number of anilines is 1. The van der Waals surface area contributed by atoms with Gasteiger partial charge in [0.15, 0.2) is 0 Å². The summed E-state index contributed by atoms with van der Waals surface area (Å²) in [6, 6.07) is -1.05. The number of allylic oxidation sites excluding steroid dienone is 4. The van der Waals surface area contributed by atoms with Gasteiger partial charge in [0.2, 0.25) is 0 Å². The molecule has 1 aliphatic heterocycles. The molecule has 18 nitrogen and oxygen atoms in total. The molecule has 0 radical (unpaired) electrons. The number of aromatic nitrogens is 10. The molecule has 0 spiro atoms. The molecule has 1 aliphatic rings. The molecule has 172 valence electrons. The van der Waals surface area contributed by atoms with Crippen molar-refractivity contribution in [2.24, 2.45) is 0 Å². The molecule has 0 unspecified atom stereocenters. The van der Waals surface area contributed by atoms with Crippen molar-refractivity contribution in [3.8, 4) is 11.8 Å². The summed E-state index contributed by atoms with van der Waals surface area (Å²) in [5, 5.41) is 39.4. The number of tetrazole rings is 2. The van der Waals surface area contributed by atoms with E-state index in [0.29, 0.717) is 15.0 Å². The molecule has 0 bridgehead atoms. The maximum atomic E-state index is 12.6. The van der Waals surface area contributed by atoms with Crippen LogP contribution in [0.15, 0.2) is 39.0 Å². The van der Waals surface area contributed by atoms with Crippen LogP contribution in [0.3, 0.4) is 0 Å². The van der Waals surface area contributed by atoms with Crippen molar-refractivity contribution in [2.75, 3.05) is 4.90 Å². The van der Waals surface area contributed by atoms with E-state index < -0.39 is 46.1 Å². The van der Waals surface area contributed by atoms with Crippen LogP contribution in [0.25, 0.3) is 12.0 Å². The van der Waals surface area contributed by atoms with E-state index in [1.165, 1.54) is 19.1 Å². The standard InChI is InChI=1S/C16H12N12O6.Na/c1-6(2-4-7-9(29)17-15(33)27(11(7)31)13-19-23-24-20-13)3-5-8-10(30)18-16(34)28(12(8)32)14-21-25-26-22-14;/h2-5,31H,1H3,(H,17,29,33)(H,18,30,34)(H,19,20,23,24)(H,21,22,25,26);/q;+1/p-1/b4-2+,6-3+,8-5+;. The molecular weight excluding hydrogens is 479 g/mol. The summed E-state index contributed by atoms with van der Waals surface area (Å²) in [6.45, 7) is 1.54. The van der Waals surface area contributed by atoms with Crippen LogP contribution in [0.2, 0.25) is 0 Å². The number of nitrogens with zero attached hydrogens (tertiary/aromatic N) is 8. The van der Waals surface area contributed by atoms with Crippen molar-refractivity contribution < 1.29 is 49.0 Å². The van der Waals surface area contributed by atoms with E-state index >= 15 is 0 Å². The molecule has 35 heavy (non-hydrogen) atoms. The quantitative estimate of drug-likeness (QED) is 0.113. The van der Waals surface area contributed by atoms with Crippen molar-refractivity contribution in [1.29, 1.82) is 0 Å². The largest absolute Gasteiger partial charge is 1.00 e. The minimum atomic E-state index is -1.05. The predicted octanol–water partition coefficient (Wildman–Crippen LogP) is -6.20. The number of imide groups is 2. The SMILES string of the molecule is CC(/C=C/c1c([O-])n(-c2nn[nH]n2)c(=O)[nH]c1=O)=C\C=C1/C(=O)NC(=O)N(c2nn[nH]n2)C1=O.[Na+]. The predicted molar refractivity (Wildman–Crippen MR) is 106 cm³/mol. The molecule has 4 amide bonds. The molecular formula is C16H11N12NaO6. The van der Waals surface area contributed by atoms with Crippen molar-refractivity contribution in [3.63, 3.8) is 0 Å². The zero-order chi connectivity index (χ0) is 24.4. The van der Waals surface area contributed by atoms with Crippen molar-refractivity contribution in [3.05, 3.63) is 55.8 Å². The maximum Gasteiger partial charge on any atom is 1.00 e. The Bertz CT molecular complexity index is 1500. The number of hydrogen-bond acceptors (Lipinski definition) is 12. The van der Waals surface area contributed by atoms with Gasteiger partial charge in [0.1, 0.15) is 5.57 Å². The Labute approximate surface area is 214 Å². The topological polar surface area (TPSA) is 253 Å². The molecule has 19 heteroatoms. The molecule has 4 N–H and O–H groups in total. The van der Waals surface area contributed by atoms with Gasteiger partial charge < -0.3 is 5.11 Å². The molecule has 3 aromatic heterocycles. The first-order chi connectivity index (χ1) is 16.3. The molecule has 0 atom stereocenters. The van der Waals surface area contributed by atoms with Gasteiger partial charge in [0.25, 0.3) is 29.3 Å². The van der Waals surface area contributed by atoms with Crippen molar-refractivity contribution in [2.45, 2.75) is 6.92 Å². The van der Waals surface area contributed by atoms with E-state index in [-0.39, 0.29) is 41.5 Å². The van der Waals surface area contributed by atoms with Crippen molar-refractivity contribution in [1.82, 2.24) is 56.1 Å². The zero-order valence-corrected chi connectivity index (χ0v) is 19.8. The summed E-state index contributed by atoms with van der Waals surface area (Å²) in [7, 11) is 0. The molecule has 0 saturated carbocycles. The smallest absolute Gasteiger partial charge is 0.859 e. The summed E-state index contributed by atoms with van der Waals surface area (Å²) in [4.78, 5) is 63.2. The van der Waals surface area contributed by atoms with E-state index in [1.807, 2.05) is 10.3 Å². The van der Waals surface area contributed by atoms with Gasteiger partial charge in [-0.3, -0.25) is 24.7 Å². The number of carbonyl (C=O) groups excluding carboxylic acids is 3. The van der Waals surface area contributed by atoms with Gasteiger partial charge in [0, 0.05) is 5.56 Å². The fourth-order valence-corrected chi connectivity index (χ4v) is 2.71. The first kappa shape index (κ1) is 25.1. The van der Waals surface area contributed by atoms with Crippen LogP contribution in [0.4, 0.5) is 10.7 Å². The second kappa shape index (κ2) is 10.2. The third kappa shape index (κ3) is 4.88. The van der Waals surface area contributed by atoms with E-state index in [9.17, 15) is 29.1 Å². The Hall–Kier alpha value is -4.55. The van der Waals surface area contributed by atoms with E-state index in [0.717, 1.165) is 12.2 Å². The van der Waals surface area contributed by atoms with E-state index in [1.54, 1.807) is 0 Å². The van der Waals surface area contributed by atoms with E-state index in [4.69, 9.17) is 0 Å². The van der Waals surface area contributed by atoms with Gasteiger partial charge in [-0.25, -0.2) is 14.2 Å².